The van der Waals surface area contributed by atoms with Gasteiger partial charge in [-0.25, -0.2) is 0 Å². The number of anilines is 2. The Balaban J connectivity index is 2.14. The summed E-state index contributed by atoms with van der Waals surface area (Å²) in [6.07, 6.45) is 0. The highest BCUT2D eigenvalue weighted by Gasteiger charge is 2.06. The Morgan fingerprint density at radius 1 is 1.25 bits per heavy atom. The van der Waals surface area contributed by atoms with E-state index in [4.69, 9.17) is 17.3 Å². The highest BCUT2D eigenvalue weighted by atomic mass is 35.5. The molecule has 0 saturated heterocycles. The van der Waals surface area contributed by atoms with Crippen LogP contribution in [0.3, 0.4) is 0 Å². The summed E-state index contributed by atoms with van der Waals surface area (Å²) < 4.78 is 0.824. The average Bonchev–Trinajstić information content (AvgIpc) is 2.64. The van der Waals surface area contributed by atoms with Crippen LogP contribution in [-0.4, -0.2) is 7.05 Å². The Morgan fingerprint density at radius 3 is 2.62 bits per heavy atom. The van der Waals surface area contributed by atoms with Crippen LogP contribution in [0.1, 0.15) is 4.88 Å². The maximum Gasteiger partial charge on any atom is 0.0931 e. The molecule has 0 spiro atoms. The molecule has 0 fully saturated rings. The molecule has 1 aromatic heterocycles. The number of nitrogens with zero attached hydrogens (tertiary/aromatic N) is 1. The van der Waals surface area contributed by atoms with E-state index in [0.717, 1.165) is 22.3 Å². The summed E-state index contributed by atoms with van der Waals surface area (Å²) in [7, 11) is 2.03. The quantitative estimate of drug-likeness (QED) is 0.846. The van der Waals surface area contributed by atoms with Crippen molar-refractivity contribution >= 4 is 34.3 Å². The normalized spacial score (nSPS) is 10.4. The van der Waals surface area contributed by atoms with E-state index < -0.39 is 0 Å². The molecule has 2 aromatic rings. The topological polar surface area (TPSA) is 29.3 Å². The van der Waals surface area contributed by atoms with Crippen molar-refractivity contribution in [3.63, 3.8) is 0 Å². The molecule has 2 rings (SSSR count). The number of nitrogen functional groups attached to an aromatic ring is 1. The highest BCUT2D eigenvalue weighted by molar-refractivity contribution is 7.16. The van der Waals surface area contributed by atoms with Crippen LogP contribution in [-0.2, 0) is 6.54 Å². The van der Waals surface area contributed by atoms with E-state index in [1.165, 1.54) is 4.88 Å². The summed E-state index contributed by atoms with van der Waals surface area (Å²) in [6.45, 7) is 0.825. The van der Waals surface area contributed by atoms with Crippen LogP contribution in [0.25, 0.3) is 0 Å². The van der Waals surface area contributed by atoms with Gasteiger partial charge in [-0.15, -0.1) is 11.3 Å². The molecule has 4 heteroatoms. The Hall–Kier alpha value is -1.19. The number of hydrogen-bond acceptors (Lipinski definition) is 3. The molecule has 2 N–H and O–H groups in total. The molecule has 16 heavy (non-hydrogen) atoms. The van der Waals surface area contributed by atoms with Gasteiger partial charge in [0.25, 0.3) is 0 Å². The van der Waals surface area contributed by atoms with Crippen molar-refractivity contribution in [2.45, 2.75) is 6.54 Å². The van der Waals surface area contributed by atoms with Gasteiger partial charge in [0, 0.05) is 11.9 Å². The Bertz CT molecular complexity index is 481. The fourth-order valence-electron chi connectivity index (χ4n) is 1.59. The molecule has 84 valence electrons. The molecular weight excluding hydrogens is 240 g/mol. The molecule has 0 aliphatic rings. The molecule has 1 aromatic carbocycles. The van der Waals surface area contributed by atoms with E-state index in [9.17, 15) is 0 Å². The van der Waals surface area contributed by atoms with Crippen LogP contribution in [0, 0.1) is 0 Å². The first-order valence-electron chi connectivity index (χ1n) is 4.96. The molecule has 0 unspecified atom stereocenters. The summed E-state index contributed by atoms with van der Waals surface area (Å²) in [4.78, 5) is 3.35. The standard InChI is InChI=1S/C12H13ClN2S/c1-15(8-9-6-7-12(13)16-9)11-5-3-2-4-10(11)14/h2-7H,8,14H2,1H3. The van der Waals surface area contributed by atoms with Crippen molar-refractivity contribution in [3.05, 3.63) is 45.6 Å². The molecule has 0 amide bonds. The second kappa shape index (κ2) is 4.76. The lowest BCUT2D eigenvalue weighted by atomic mass is 10.2. The van der Waals surface area contributed by atoms with E-state index >= 15 is 0 Å². The van der Waals surface area contributed by atoms with E-state index in [-0.39, 0.29) is 0 Å². The summed E-state index contributed by atoms with van der Waals surface area (Å²) in [5, 5.41) is 0. The van der Waals surface area contributed by atoms with Gasteiger partial charge in [0.05, 0.1) is 22.3 Å². The minimum absolute atomic E-state index is 0.799. The average molecular weight is 253 g/mol. The van der Waals surface area contributed by atoms with Crippen molar-refractivity contribution in [2.24, 2.45) is 0 Å². The van der Waals surface area contributed by atoms with Crippen molar-refractivity contribution < 1.29 is 0 Å². The van der Waals surface area contributed by atoms with Gasteiger partial charge in [0.2, 0.25) is 0 Å². The molecule has 0 aliphatic heterocycles. The number of halogens is 1. The zero-order valence-corrected chi connectivity index (χ0v) is 10.6. The minimum Gasteiger partial charge on any atom is -0.397 e. The van der Waals surface area contributed by atoms with Gasteiger partial charge in [-0.3, -0.25) is 0 Å². The van der Waals surface area contributed by atoms with Crippen molar-refractivity contribution in [1.29, 1.82) is 0 Å². The summed E-state index contributed by atoms with van der Waals surface area (Å²) in [5.41, 5.74) is 7.76. The predicted molar refractivity (Wildman–Crippen MR) is 72.3 cm³/mol. The number of para-hydroxylation sites is 2. The third-order valence-electron chi connectivity index (χ3n) is 2.37. The van der Waals surface area contributed by atoms with Crippen LogP contribution in [0.4, 0.5) is 11.4 Å². The molecular formula is C12H13ClN2S. The first-order chi connectivity index (χ1) is 7.66. The van der Waals surface area contributed by atoms with E-state index in [0.29, 0.717) is 0 Å². The summed E-state index contributed by atoms with van der Waals surface area (Å²) in [6, 6.07) is 11.8. The van der Waals surface area contributed by atoms with Gasteiger partial charge in [-0.2, -0.15) is 0 Å². The summed E-state index contributed by atoms with van der Waals surface area (Å²) >= 11 is 7.50. The second-order valence-corrected chi connectivity index (χ2v) is 5.42. The number of thiophene rings is 1. The third kappa shape index (κ3) is 2.49. The molecule has 0 aliphatic carbocycles. The molecule has 0 radical (unpaired) electrons. The number of nitrogens with two attached hydrogens (primary N) is 1. The Labute approximate surface area is 104 Å². The lowest BCUT2D eigenvalue weighted by Crippen LogP contribution is -2.16. The van der Waals surface area contributed by atoms with E-state index in [1.54, 1.807) is 11.3 Å². The third-order valence-corrected chi connectivity index (χ3v) is 3.59. The Morgan fingerprint density at radius 2 is 2.00 bits per heavy atom. The van der Waals surface area contributed by atoms with E-state index in [1.807, 2.05) is 43.4 Å². The van der Waals surface area contributed by atoms with Crippen molar-refractivity contribution in [1.82, 2.24) is 0 Å². The first-order valence-corrected chi connectivity index (χ1v) is 6.16. The number of hydrogen-bond donors (Lipinski definition) is 1. The summed E-state index contributed by atoms with van der Waals surface area (Å²) in [5.74, 6) is 0. The highest BCUT2D eigenvalue weighted by Crippen LogP contribution is 2.26. The largest absolute Gasteiger partial charge is 0.397 e. The maximum absolute atomic E-state index is 5.92. The zero-order valence-electron chi connectivity index (χ0n) is 8.98. The molecule has 1 heterocycles. The van der Waals surface area contributed by atoms with Crippen molar-refractivity contribution in [2.75, 3.05) is 17.7 Å². The van der Waals surface area contributed by atoms with Crippen LogP contribution in [0.5, 0.6) is 0 Å². The lowest BCUT2D eigenvalue weighted by Gasteiger charge is -2.20. The van der Waals surface area contributed by atoms with Gasteiger partial charge in [-0.1, -0.05) is 23.7 Å². The molecule has 2 nitrogen and oxygen atoms in total. The monoisotopic (exact) mass is 252 g/mol. The zero-order chi connectivity index (χ0) is 11.5. The first kappa shape index (κ1) is 11.3. The second-order valence-electron chi connectivity index (χ2n) is 3.62. The van der Waals surface area contributed by atoms with Gasteiger partial charge in [-0.05, 0) is 24.3 Å². The van der Waals surface area contributed by atoms with Crippen LogP contribution < -0.4 is 10.6 Å². The lowest BCUT2D eigenvalue weighted by molar-refractivity contribution is 0.942. The maximum atomic E-state index is 5.92. The van der Waals surface area contributed by atoms with E-state index in [2.05, 4.69) is 4.90 Å². The van der Waals surface area contributed by atoms with Crippen LogP contribution >= 0.6 is 22.9 Å². The number of benzene rings is 1. The van der Waals surface area contributed by atoms with Gasteiger partial charge in [0.1, 0.15) is 0 Å². The van der Waals surface area contributed by atoms with Crippen molar-refractivity contribution in [3.8, 4) is 0 Å². The van der Waals surface area contributed by atoms with Crippen LogP contribution in [0.2, 0.25) is 4.34 Å². The molecule has 0 saturated carbocycles. The molecule has 0 atom stereocenters. The fourth-order valence-corrected chi connectivity index (χ4v) is 2.73. The fraction of sp³-hybridized carbons (Fsp3) is 0.167. The Kier molecular flexibility index (Phi) is 3.36. The predicted octanol–water partition coefficient (Wildman–Crippen LogP) is 3.62. The van der Waals surface area contributed by atoms with Gasteiger partial charge < -0.3 is 10.6 Å². The van der Waals surface area contributed by atoms with Crippen LogP contribution in [0.15, 0.2) is 36.4 Å². The van der Waals surface area contributed by atoms with Gasteiger partial charge in [0.15, 0.2) is 0 Å². The molecule has 0 bridgehead atoms. The smallest absolute Gasteiger partial charge is 0.0931 e. The SMILES string of the molecule is CN(Cc1ccc(Cl)s1)c1ccccc1N. The minimum atomic E-state index is 0.799. The number of rotatable bonds is 3. The van der Waals surface area contributed by atoms with Gasteiger partial charge >= 0.3 is 0 Å².